The Kier molecular flexibility index (Phi) is 4.07. The molecule has 0 saturated heterocycles. The van der Waals surface area contributed by atoms with Gasteiger partial charge >= 0.3 is 20.8 Å². The maximum absolute atomic E-state index is 12.5. The number of carbonyl (C=O) groups is 2. The zero-order chi connectivity index (χ0) is 19.3. The zero-order valence-electron chi connectivity index (χ0n) is 12.4. The molecule has 0 spiro atoms. The second kappa shape index (κ2) is 5.88. The van der Waals surface area contributed by atoms with E-state index in [0.29, 0.717) is 0 Å². The molecule has 0 bridgehead atoms. The lowest BCUT2D eigenvalue weighted by atomic mass is 9.84. The summed E-state index contributed by atoms with van der Waals surface area (Å²) in [5.74, 6) is -2.06. The van der Waals surface area contributed by atoms with Gasteiger partial charge in [0.2, 0.25) is 0 Å². The first-order valence-corrected chi connectivity index (χ1v) is 9.39. The summed E-state index contributed by atoms with van der Waals surface area (Å²) >= 11 is 0. The van der Waals surface area contributed by atoms with Crippen molar-refractivity contribution in [2.24, 2.45) is 0 Å². The van der Waals surface area contributed by atoms with Crippen LogP contribution >= 0.6 is 0 Å². The number of hydrogen-bond donors (Lipinski definition) is 2. The first-order chi connectivity index (χ1) is 11.9. The fraction of sp³-hybridized carbons (Fsp3) is 0. The molecule has 0 aliphatic heterocycles. The van der Waals surface area contributed by atoms with E-state index < -0.39 is 32.4 Å². The van der Waals surface area contributed by atoms with Crippen LogP contribution in [0.15, 0.2) is 36.4 Å². The summed E-state index contributed by atoms with van der Waals surface area (Å²) in [7, 11) is -9.62. The summed E-state index contributed by atoms with van der Waals surface area (Å²) in [6.07, 6.45) is 0. The number of hydrogen-bond acceptors (Lipinski definition) is 8. The van der Waals surface area contributed by atoms with Gasteiger partial charge < -0.3 is 8.37 Å². The number of carbonyl (C=O) groups excluding carboxylic acids is 2. The standard InChI is InChI=1S/C14H8O10S2/c15-13-9-3-1-7(23-25(17,18)19)5-11(9)14(16)10-4-2-8(6-12(10)13)24-26(20,21)22/h1-6H,(H,17,18,19)(H,20,21,22). The molecule has 0 saturated carbocycles. The van der Waals surface area contributed by atoms with Crippen LogP contribution in [0.2, 0.25) is 0 Å². The average Bonchev–Trinajstić information content (AvgIpc) is 2.49. The Balaban J connectivity index is 2.08. The Morgan fingerprint density at radius 1 is 0.615 bits per heavy atom. The molecule has 0 amide bonds. The van der Waals surface area contributed by atoms with Gasteiger partial charge in [0.1, 0.15) is 11.5 Å². The summed E-state index contributed by atoms with van der Waals surface area (Å²) in [5.41, 5.74) is -0.498. The lowest BCUT2D eigenvalue weighted by Gasteiger charge is -2.18. The van der Waals surface area contributed by atoms with E-state index in [0.717, 1.165) is 36.4 Å². The Labute approximate surface area is 146 Å². The van der Waals surface area contributed by atoms with Crippen LogP contribution in [0.3, 0.4) is 0 Å². The van der Waals surface area contributed by atoms with Gasteiger partial charge in [-0.05, 0) is 36.4 Å². The fourth-order valence-corrected chi connectivity index (χ4v) is 3.15. The summed E-state index contributed by atoms with van der Waals surface area (Å²) in [4.78, 5) is 25.1. The van der Waals surface area contributed by atoms with Gasteiger partial charge in [0.25, 0.3) is 0 Å². The molecular weight excluding hydrogens is 392 g/mol. The molecule has 0 unspecified atom stereocenters. The highest BCUT2D eigenvalue weighted by atomic mass is 32.3. The molecular formula is C14H8O10S2. The van der Waals surface area contributed by atoms with E-state index in [4.69, 9.17) is 9.11 Å². The SMILES string of the molecule is O=C1c2ccc(OS(=O)(=O)O)cc2C(=O)c2ccc(OS(=O)(=O)O)cc21. The number of rotatable bonds is 4. The van der Waals surface area contributed by atoms with Crippen molar-refractivity contribution in [2.75, 3.05) is 0 Å². The van der Waals surface area contributed by atoms with E-state index in [1.807, 2.05) is 0 Å². The molecule has 0 atom stereocenters. The summed E-state index contributed by atoms with van der Waals surface area (Å²) in [6, 6.07) is 6.32. The Morgan fingerprint density at radius 3 is 1.27 bits per heavy atom. The van der Waals surface area contributed by atoms with Crippen LogP contribution in [0.4, 0.5) is 0 Å². The van der Waals surface area contributed by atoms with Crippen LogP contribution in [-0.4, -0.2) is 37.5 Å². The lowest BCUT2D eigenvalue weighted by molar-refractivity contribution is 0.0979. The maximum atomic E-state index is 12.5. The smallest absolute Gasteiger partial charge is 0.362 e. The molecule has 0 heterocycles. The molecule has 12 heteroatoms. The van der Waals surface area contributed by atoms with Crippen molar-refractivity contribution in [1.29, 1.82) is 0 Å². The van der Waals surface area contributed by atoms with Gasteiger partial charge in [0.15, 0.2) is 11.6 Å². The van der Waals surface area contributed by atoms with E-state index in [1.165, 1.54) is 0 Å². The van der Waals surface area contributed by atoms with Crippen molar-refractivity contribution in [2.45, 2.75) is 0 Å². The van der Waals surface area contributed by atoms with Crippen LogP contribution in [0, 0.1) is 0 Å². The van der Waals surface area contributed by atoms with Crippen molar-refractivity contribution in [3.63, 3.8) is 0 Å². The minimum atomic E-state index is -4.81. The van der Waals surface area contributed by atoms with Crippen LogP contribution < -0.4 is 8.37 Å². The molecule has 3 rings (SSSR count). The number of benzene rings is 2. The minimum Gasteiger partial charge on any atom is -0.362 e. The van der Waals surface area contributed by atoms with Gasteiger partial charge in [-0.15, -0.1) is 0 Å². The lowest BCUT2D eigenvalue weighted by Crippen LogP contribution is -2.21. The van der Waals surface area contributed by atoms with Gasteiger partial charge in [-0.1, -0.05) is 0 Å². The van der Waals surface area contributed by atoms with Gasteiger partial charge in [0, 0.05) is 22.3 Å². The summed E-state index contributed by atoms with van der Waals surface area (Å²) in [6.45, 7) is 0. The van der Waals surface area contributed by atoms with E-state index >= 15 is 0 Å². The molecule has 0 fully saturated rings. The van der Waals surface area contributed by atoms with Gasteiger partial charge in [-0.2, -0.15) is 16.8 Å². The highest BCUT2D eigenvalue weighted by molar-refractivity contribution is 7.81. The first kappa shape index (κ1) is 18.0. The Hall–Kier alpha value is -2.80. The molecule has 0 radical (unpaired) electrons. The highest BCUT2D eigenvalue weighted by Gasteiger charge is 2.31. The zero-order valence-corrected chi connectivity index (χ0v) is 14.1. The van der Waals surface area contributed by atoms with Crippen LogP contribution in [0.1, 0.15) is 31.8 Å². The molecule has 0 aromatic heterocycles. The Morgan fingerprint density at radius 2 is 0.962 bits per heavy atom. The van der Waals surface area contributed by atoms with E-state index in [2.05, 4.69) is 8.37 Å². The summed E-state index contributed by atoms with van der Waals surface area (Å²) < 4.78 is 69.0. The predicted molar refractivity (Wildman–Crippen MR) is 84.1 cm³/mol. The monoisotopic (exact) mass is 400 g/mol. The highest BCUT2D eigenvalue weighted by Crippen LogP contribution is 2.32. The maximum Gasteiger partial charge on any atom is 0.446 e. The fourth-order valence-electron chi connectivity index (χ4n) is 2.46. The predicted octanol–water partition coefficient (Wildman–Crippen LogP) is 0.825. The topological polar surface area (TPSA) is 161 Å². The molecule has 1 aliphatic carbocycles. The number of fused-ring (bicyclic) bond motifs is 2. The van der Waals surface area contributed by atoms with Crippen LogP contribution in [-0.2, 0) is 20.8 Å². The first-order valence-electron chi connectivity index (χ1n) is 6.66. The molecule has 2 aromatic rings. The second-order valence-corrected chi connectivity index (χ2v) is 7.14. The van der Waals surface area contributed by atoms with E-state index in [-0.39, 0.29) is 33.8 Å². The van der Waals surface area contributed by atoms with Crippen LogP contribution in [0.5, 0.6) is 11.5 Å². The second-order valence-electron chi connectivity index (χ2n) is 5.10. The van der Waals surface area contributed by atoms with Crippen molar-refractivity contribution in [3.8, 4) is 11.5 Å². The molecule has 136 valence electrons. The molecule has 2 aromatic carbocycles. The van der Waals surface area contributed by atoms with Gasteiger partial charge in [-0.3, -0.25) is 18.7 Å². The normalized spacial score (nSPS) is 13.8. The largest absolute Gasteiger partial charge is 0.446 e. The van der Waals surface area contributed by atoms with Crippen molar-refractivity contribution >= 4 is 32.4 Å². The average molecular weight is 400 g/mol. The molecule has 2 N–H and O–H groups in total. The van der Waals surface area contributed by atoms with Crippen molar-refractivity contribution < 1.29 is 43.9 Å². The van der Waals surface area contributed by atoms with Gasteiger partial charge in [-0.25, -0.2) is 0 Å². The third kappa shape index (κ3) is 3.57. The summed E-state index contributed by atoms with van der Waals surface area (Å²) in [5, 5.41) is 0. The third-order valence-corrected chi connectivity index (χ3v) is 4.17. The van der Waals surface area contributed by atoms with Crippen molar-refractivity contribution in [3.05, 3.63) is 58.7 Å². The van der Waals surface area contributed by atoms with Crippen molar-refractivity contribution in [1.82, 2.24) is 0 Å². The van der Waals surface area contributed by atoms with Crippen LogP contribution in [0.25, 0.3) is 0 Å². The van der Waals surface area contributed by atoms with E-state index in [9.17, 15) is 26.4 Å². The minimum absolute atomic E-state index is 0.0887. The molecule has 26 heavy (non-hydrogen) atoms. The number of ketones is 2. The molecule has 10 nitrogen and oxygen atoms in total. The third-order valence-electron chi connectivity index (χ3n) is 3.36. The van der Waals surface area contributed by atoms with E-state index in [1.54, 1.807) is 0 Å². The quantitative estimate of drug-likeness (QED) is 0.600. The Bertz CT molecular complexity index is 1070. The molecule has 1 aliphatic rings. The van der Waals surface area contributed by atoms with Gasteiger partial charge in [0.05, 0.1) is 0 Å².